The highest BCUT2D eigenvalue weighted by atomic mass is 35.5. The fourth-order valence-electron chi connectivity index (χ4n) is 1.89. The maximum Gasteiger partial charge on any atom is 0.273 e. The molecule has 0 fully saturated rings. The smallest absolute Gasteiger partial charge is 0.273 e. The zero-order chi connectivity index (χ0) is 15.4. The molecule has 2 rings (SSSR count). The van der Waals surface area contributed by atoms with Gasteiger partial charge in [0, 0.05) is 45.8 Å². The molecule has 0 atom stereocenters. The van der Waals surface area contributed by atoms with Crippen molar-refractivity contribution in [3.63, 3.8) is 0 Å². The van der Waals surface area contributed by atoms with Gasteiger partial charge < -0.3 is 10.6 Å². The Hall–Kier alpha value is -1.98. The van der Waals surface area contributed by atoms with E-state index in [9.17, 15) is 10.1 Å². The highest BCUT2D eigenvalue weighted by Crippen LogP contribution is 2.29. The summed E-state index contributed by atoms with van der Waals surface area (Å²) in [6.07, 6.45) is 0. The molecule has 2 aromatic carbocycles. The summed E-state index contributed by atoms with van der Waals surface area (Å²) in [5.41, 5.74) is 1.92. The molecule has 0 amide bonds. The minimum absolute atomic E-state index is 0.00377. The maximum atomic E-state index is 11.0. The molecule has 0 aliphatic rings. The molecule has 0 aliphatic heterocycles. The Kier molecular flexibility index (Phi) is 4.88. The van der Waals surface area contributed by atoms with Crippen LogP contribution in [0, 0.1) is 10.1 Å². The Labute approximate surface area is 132 Å². The first kappa shape index (κ1) is 15.4. The average molecular weight is 326 g/mol. The number of hydrogen-bond donors (Lipinski definition) is 2. The van der Waals surface area contributed by atoms with Crippen molar-refractivity contribution in [1.82, 2.24) is 0 Å². The van der Waals surface area contributed by atoms with Crippen molar-refractivity contribution < 1.29 is 4.92 Å². The van der Waals surface area contributed by atoms with Crippen molar-refractivity contribution in [2.45, 2.75) is 6.92 Å². The van der Waals surface area contributed by atoms with E-state index in [1.165, 1.54) is 12.1 Å². The molecule has 2 aromatic rings. The van der Waals surface area contributed by atoms with E-state index in [0.29, 0.717) is 33.7 Å². The van der Waals surface area contributed by atoms with E-state index in [0.717, 1.165) is 0 Å². The molecule has 21 heavy (non-hydrogen) atoms. The van der Waals surface area contributed by atoms with E-state index in [4.69, 9.17) is 23.2 Å². The molecule has 0 aliphatic carbocycles. The van der Waals surface area contributed by atoms with Gasteiger partial charge in [-0.3, -0.25) is 10.1 Å². The van der Waals surface area contributed by atoms with Gasteiger partial charge in [-0.2, -0.15) is 0 Å². The van der Waals surface area contributed by atoms with Crippen LogP contribution in [0.2, 0.25) is 10.0 Å². The third-order valence-corrected chi connectivity index (χ3v) is 3.10. The highest BCUT2D eigenvalue weighted by Gasteiger charge is 2.10. The number of nitro benzene ring substituents is 1. The molecule has 0 heterocycles. The molecule has 7 heteroatoms. The highest BCUT2D eigenvalue weighted by molar-refractivity contribution is 6.35. The quantitative estimate of drug-likeness (QED) is 0.594. The number of anilines is 3. The topological polar surface area (TPSA) is 67.2 Å². The normalized spacial score (nSPS) is 10.2. The first-order valence-electron chi connectivity index (χ1n) is 6.24. The van der Waals surface area contributed by atoms with Crippen molar-refractivity contribution in [3.05, 3.63) is 56.6 Å². The lowest BCUT2D eigenvalue weighted by Crippen LogP contribution is -2.00. The van der Waals surface area contributed by atoms with Crippen LogP contribution in [-0.2, 0) is 0 Å². The first-order valence-corrected chi connectivity index (χ1v) is 7.00. The third kappa shape index (κ3) is 4.24. The monoisotopic (exact) mass is 325 g/mol. The van der Waals surface area contributed by atoms with Crippen LogP contribution < -0.4 is 10.6 Å². The number of halogens is 2. The van der Waals surface area contributed by atoms with Crippen LogP contribution in [0.4, 0.5) is 22.7 Å². The second kappa shape index (κ2) is 6.65. The summed E-state index contributed by atoms with van der Waals surface area (Å²) < 4.78 is 0. The second-order valence-electron chi connectivity index (χ2n) is 4.34. The van der Waals surface area contributed by atoms with Crippen LogP contribution >= 0.6 is 23.2 Å². The van der Waals surface area contributed by atoms with E-state index in [-0.39, 0.29) is 5.69 Å². The van der Waals surface area contributed by atoms with E-state index < -0.39 is 4.92 Å². The summed E-state index contributed by atoms with van der Waals surface area (Å²) in [6, 6.07) is 9.73. The molecule has 110 valence electrons. The number of nitrogens with zero attached hydrogens (tertiary/aromatic N) is 1. The van der Waals surface area contributed by atoms with Gasteiger partial charge in [-0.25, -0.2) is 0 Å². The van der Waals surface area contributed by atoms with Gasteiger partial charge in [-0.05, 0) is 31.2 Å². The standard InChI is InChI=1S/C14H13Cl2N3O2/c1-2-17-11-6-13(8-14(7-11)19(20)21)18-12-4-9(15)3-10(16)5-12/h3-8,17-18H,2H2,1H3. The van der Waals surface area contributed by atoms with Gasteiger partial charge in [0.2, 0.25) is 0 Å². The average Bonchev–Trinajstić information content (AvgIpc) is 2.37. The Bertz CT molecular complexity index is 657. The lowest BCUT2D eigenvalue weighted by Gasteiger charge is -2.10. The second-order valence-corrected chi connectivity index (χ2v) is 5.21. The fourth-order valence-corrected chi connectivity index (χ4v) is 2.41. The van der Waals surface area contributed by atoms with Crippen LogP contribution in [0.15, 0.2) is 36.4 Å². The van der Waals surface area contributed by atoms with Crippen LogP contribution in [0.5, 0.6) is 0 Å². The van der Waals surface area contributed by atoms with Crippen LogP contribution in [0.25, 0.3) is 0 Å². The Morgan fingerprint density at radius 2 is 1.57 bits per heavy atom. The first-order chi connectivity index (χ1) is 9.97. The van der Waals surface area contributed by atoms with Crippen molar-refractivity contribution in [3.8, 4) is 0 Å². The molecular weight excluding hydrogens is 313 g/mol. The van der Waals surface area contributed by atoms with Crippen molar-refractivity contribution >= 4 is 46.0 Å². The van der Waals surface area contributed by atoms with Crippen molar-refractivity contribution in [1.29, 1.82) is 0 Å². The molecule has 2 N–H and O–H groups in total. The molecule has 5 nitrogen and oxygen atoms in total. The molecule has 0 unspecified atom stereocenters. The SMILES string of the molecule is CCNc1cc(Nc2cc(Cl)cc(Cl)c2)cc([N+](=O)[O-])c1. The predicted octanol–water partition coefficient (Wildman–Crippen LogP) is 5.08. The number of rotatable bonds is 5. The molecule has 0 aromatic heterocycles. The maximum absolute atomic E-state index is 11.0. The Balaban J connectivity index is 2.35. The van der Waals surface area contributed by atoms with Gasteiger partial charge in [-0.1, -0.05) is 23.2 Å². The van der Waals surface area contributed by atoms with Gasteiger partial charge in [0.15, 0.2) is 0 Å². The van der Waals surface area contributed by atoms with E-state index in [1.807, 2.05) is 6.92 Å². The number of benzene rings is 2. The van der Waals surface area contributed by atoms with Crippen molar-refractivity contribution in [2.24, 2.45) is 0 Å². The van der Waals surface area contributed by atoms with Crippen molar-refractivity contribution in [2.75, 3.05) is 17.2 Å². The van der Waals surface area contributed by atoms with E-state index in [1.54, 1.807) is 24.3 Å². The summed E-state index contributed by atoms with van der Waals surface area (Å²) in [7, 11) is 0. The third-order valence-electron chi connectivity index (χ3n) is 2.66. The van der Waals surface area contributed by atoms with Crippen LogP contribution in [-0.4, -0.2) is 11.5 Å². The lowest BCUT2D eigenvalue weighted by atomic mass is 10.2. The largest absolute Gasteiger partial charge is 0.385 e. The van der Waals surface area contributed by atoms with E-state index in [2.05, 4.69) is 10.6 Å². The molecular formula is C14H13Cl2N3O2. The fraction of sp³-hybridized carbons (Fsp3) is 0.143. The van der Waals surface area contributed by atoms with Gasteiger partial charge in [0.25, 0.3) is 5.69 Å². The molecule has 0 spiro atoms. The number of non-ortho nitro benzene ring substituents is 1. The molecule has 0 radical (unpaired) electrons. The Morgan fingerprint density at radius 3 is 2.14 bits per heavy atom. The van der Waals surface area contributed by atoms with Gasteiger partial charge in [-0.15, -0.1) is 0 Å². The summed E-state index contributed by atoms with van der Waals surface area (Å²) >= 11 is 11.9. The Morgan fingerprint density at radius 1 is 1.00 bits per heavy atom. The summed E-state index contributed by atoms with van der Waals surface area (Å²) in [6.45, 7) is 2.59. The number of hydrogen-bond acceptors (Lipinski definition) is 4. The number of nitrogens with one attached hydrogen (secondary N) is 2. The summed E-state index contributed by atoms with van der Waals surface area (Å²) in [5, 5.41) is 18.1. The summed E-state index contributed by atoms with van der Waals surface area (Å²) in [4.78, 5) is 10.5. The van der Waals surface area contributed by atoms with Gasteiger partial charge >= 0.3 is 0 Å². The molecule has 0 saturated carbocycles. The van der Waals surface area contributed by atoms with Gasteiger partial charge in [0.05, 0.1) is 4.92 Å². The zero-order valence-corrected chi connectivity index (χ0v) is 12.7. The van der Waals surface area contributed by atoms with Crippen LogP contribution in [0.3, 0.4) is 0 Å². The van der Waals surface area contributed by atoms with Crippen LogP contribution in [0.1, 0.15) is 6.92 Å². The van der Waals surface area contributed by atoms with E-state index >= 15 is 0 Å². The minimum atomic E-state index is -0.434. The predicted molar refractivity (Wildman–Crippen MR) is 87.0 cm³/mol. The molecule has 0 saturated heterocycles. The number of nitro groups is 1. The minimum Gasteiger partial charge on any atom is -0.385 e. The molecule has 0 bridgehead atoms. The lowest BCUT2D eigenvalue weighted by molar-refractivity contribution is -0.384. The summed E-state index contributed by atoms with van der Waals surface area (Å²) in [5.74, 6) is 0. The van der Waals surface area contributed by atoms with Gasteiger partial charge in [0.1, 0.15) is 0 Å². The zero-order valence-electron chi connectivity index (χ0n) is 11.2.